The maximum Gasteiger partial charge on any atom is 0.253 e. The number of aryl methyl sites for hydroxylation is 2. The number of amides is 1. The molecule has 0 unspecified atom stereocenters. The minimum Gasteiger partial charge on any atom is -0.345 e. The molecule has 1 aromatic carbocycles. The van der Waals surface area contributed by atoms with Crippen LogP contribution in [-0.2, 0) is 0 Å². The fourth-order valence-corrected chi connectivity index (χ4v) is 5.06. The zero-order valence-corrected chi connectivity index (χ0v) is 24.4. The van der Waals surface area contributed by atoms with E-state index in [1.165, 1.54) is 40.3 Å². The molecule has 2 heterocycles. The zero-order chi connectivity index (χ0) is 27.7. The van der Waals surface area contributed by atoms with E-state index < -0.39 is 0 Å². The van der Waals surface area contributed by atoms with Gasteiger partial charge >= 0.3 is 0 Å². The van der Waals surface area contributed by atoms with Gasteiger partial charge in [-0.1, -0.05) is 63.5 Å². The number of hydrogen-bond donors (Lipinski definition) is 0. The van der Waals surface area contributed by atoms with Crippen molar-refractivity contribution in [1.82, 2.24) is 14.8 Å². The number of halogens is 1. The average molecular weight is 506 g/mol. The third-order valence-electron chi connectivity index (χ3n) is 6.89. The summed E-state index contributed by atoms with van der Waals surface area (Å²) in [4.78, 5) is 20.7. The van der Waals surface area contributed by atoms with E-state index in [1.807, 2.05) is 27.0 Å². The molecule has 2 aromatic rings. The molecule has 0 fully saturated rings. The van der Waals surface area contributed by atoms with Crippen LogP contribution in [0.25, 0.3) is 11.6 Å². The van der Waals surface area contributed by atoms with Crippen LogP contribution in [0.15, 0.2) is 36.0 Å². The van der Waals surface area contributed by atoms with Crippen molar-refractivity contribution in [2.24, 2.45) is 0 Å². The Bertz CT molecular complexity index is 1120. The van der Waals surface area contributed by atoms with Gasteiger partial charge in [-0.25, -0.2) is 4.39 Å². The molecule has 0 spiro atoms. The lowest BCUT2D eigenvalue weighted by atomic mass is 9.43. The molecular formula is C31H45BFN3O. The minimum atomic E-state index is -0.313. The van der Waals surface area contributed by atoms with Crippen molar-refractivity contribution in [3.8, 4) is 0 Å². The van der Waals surface area contributed by atoms with Gasteiger partial charge < -0.3 is 4.90 Å². The molecule has 200 valence electrons. The second kappa shape index (κ2) is 14.3. The van der Waals surface area contributed by atoms with E-state index in [9.17, 15) is 4.79 Å². The van der Waals surface area contributed by atoms with Crippen LogP contribution in [0.3, 0.4) is 0 Å². The Kier molecular flexibility index (Phi) is 11.8. The molecule has 0 atom stereocenters. The lowest BCUT2D eigenvalue weighted by molar-refractivity contribution is 0.0827. The highest BCUT2D eigenvalue weighted by Crippen LogP contribution is 2.29. The highest BCUT2D eigenvalue weighted by atomic mass is 19.1. The summed E-state index contributed by atoms with van der Waals surface area (Å²) in [5.74, 6) is -0.493. The zero-order valence-electron chi connectivity index (χ0n) is 24.4. The second-order valence-corrected chi connectivity index (χ2v) is 10.1. The van der Waals surface area contributed by atoms with E-state index in [1.54, 1.807) is 20.2 Å². The van der Waals surface area contributed by atoms with Crippen LogP contribution in [0, 0.1) is 19.7 Å². The van der Waals surface area contributed by atoms with Crippen LogP contribution in [0.2, 0.25) is 13.1 Å². The SMILES string of the molecule is CC.CCCB(C)c1ccnc(C)c1/C=C(\C)CN1CC=C(c2c(C)cc(C(=O)N(C)C)cc2F)CC1. The quantitative estimate of drug-likeness (QED) is 0.385. The number of carbonyl (C=O) groups excluding carboxylic acids is 1. The van der Waals surface area contributed by atoms with E-state index in [0.29, 0.717) is 17.8 Å². The van der Waals surface area contributed by atoms with Gasteiger partial charge in [-0.05, 0) is 62.1 Å². The highest BCUT2D eigenvalue weighted by molar-refractivity contribution is 6.72. The summed E-state index contributed by atoms with van der Waals surface area (Å²) in [6.07, 6.45) is 9.49. The maximum absolute atomic E-state index is 15.0. The van der Waals surface area contributed by atoms with Crippen LogP contribution in [0.1, 0.15) is 73.3 Å². The molecule has 37 heavy (non-hydrogen) atoms. The molecule has 1 aromatic heterocycles. The first-order valence-electron chi connectivity index (χ1n) is 13.7. The Morgan fingerprint density at radius 2 is 1.95 bits per heavy atom. The Morgan fingerprint density at radius 1 is 1.24 bits per heavy atom. The molecule has 1 aliphatic heterocycles. The monoisotopic (exact) mass is 505 g/mol. The third-order valence-corrected chi connectivity index (χ3v) is 6.89. The van der Waals surface area contributed by atoms with E-state index in [4.69, 9.17) is 0 Å². The van der Waals surface area contributed by atoms with E-state index in [-0.39, 0.29) is 11.7 Å². The number of pyridine rings is 1. The molecule has 0 bridgehead atoms. The first kappa shape index (κ1) is 30.5. The maximum atomic E-state index is 15.0. The third kappa shape index (κ3) is 7.88. The first-order chi connectivity index (χ1) is 17.6. The van der Waals surface area contributed by atoms with Gasteiger partial charge in [0.1, 0.15) is 5.82 Å². The number of nitrogens with zero attached hydrogens (tertiary/aromatic N) is 3. The molecule has 4 nitrogen and oxygen atoms in total. The van der Waals surface area contributed by atoms with Gasteiger partial charge in [-0.3, -0.25) is 14.7 Å². The molecule has 0 aliphatic carbocycles. The molecule has 0 saturated carbocycles. The summed E-state index contributed by atoms with van der Waals surface area (Å²) in [6, 6.07) is 5.34. The number of carbonyl (C=O) groups is 1. The fourth-order valence-electron chi connectivity index (χ4n) is 5.06. The van der Waals surface area contributed by atoms with Crippen LogP contribution in [-0.4, -0.2) is 61.1 Å². The van der Waals surface area contributed by atoms with E-state index >= 15 is 4.39 Å². The molecule has 3 rings (SSSR count). The van der Waals surface area contributed by atoms with Crippen LogP contribution in [0.5, 0.6) is 0 Å². The number of benzene rings is 1. The average Bonchev–Trinajstić information content (AvgIpc) is 2.86. The van der Waals surface area contributed by atoms with E-state index in [0.717, 1.165) is 42.9 Å². The molecule has 0 saturated heterocycles. The van der Waals surface area contributed by atoms with Crippen LogP contribution < -0.4 is 5.46 Å². The van der Waals surface area contributed by atoms with Gasteiger partial charge in [-0.15, -0.1) is 0 Å². The van der Waals surface area contributed by atoms with Gasteiger partial charge in [0.2, 0.25) is 0 Å². The molecule has 1 aliphatic rings. The Balaban J connectivity index is 0.00000235. The first-order valence-corrected chi connectivity index (χ1v) is 13.7. The summed E-state index contributed by atoms with van der Waals surface area (Å²) >= 11 is 0. The Morgan fingerprint density at radius 3 is 2.51 bits per heavy atom. The summed E-state index contributed by atoms with van der Waals surface area (Å²) in [5.41, 5.74) is 7.89. The van der Waals surface area contributed by atoms with Gasteiger partial charge in [0, 0.05) is 56.7 Å². The smallest absolute Gasteiger partial charge is 0.253 e. The van der Waals surface area contributed by atoms with Crippen LogP contribution in [0.4, 0.5) is 4.39 Å². The molecular weight excluding hydrogens is 460 g/mol. The van der Waals surface area contributed by atoms with Crippen molar-refractivity contribution in [1.29, 1.82) is 0 Å². The number of hydrogen-bond acceptors (Lipinski definition) is 3. The highest BCUT2D eigenvalue weighted by Gasteiger charge is 2.20. The van der Waals surface area contributed by atoms with Crippen molar-refractivity contribution < 1.29 is 9.18 Å². The molecule has 1 amide bonds. The Hall–Kier alpha value is -2.73. The largest absolute Gasteiger partial charge is 0.345 e. The minimum absolute atomic E-state index is 0.180. The van der Waals surface area contributed by atoms with Gasteiger partial charge in [0.05, 0.1) is 0 Å². The number of rotatable bonds is 8. The normalized spacial score (nSPS) is 14.0. The Labute approximate surface area is 224 Å². The lowest BCUT2D eigenvalue weighted by Gasteiger charge is -2.28. The predicted octanol–water partition coefficient (Wildman–Crippen LogP) is 6.50. The summed E-state index contributed by atoms with van der Waals surface area (Å²) in [7, 11) is 3.36. The van der Waals surface area contributed by atoms with Crippen molar-refractivity contribution >= 4 is 29.7 Å². The summed E-state index contributed by atoms with van der Waals surface area (Å²) in [6.45, 7) is 17.7. The van der Waals surface area contributed by atoms with Gasteiger partial charge in [0.15, 0.2) is 6.71 Å². The van der Waals surface area contributed by atoms with Gasteiger partial charge in [-0.2, -0.15) is 0 Å². The fraction of sp³-hybridized carbons (Fsp3) is 0.484. The standard InChI is InChI=1S/C29H39BFN3O.C2H6/c1-8-12-30(5)26-9-13-32-22(4)25(26)16-20(2)19-34-14-10-23(11-15-34)28-21(3)17-24(18-27(28)31)29(35)33(6)7;1-2/h9-10,13,16-18H,8,11-12,14-15,19H2,1-7H3;1-2H3/b20-16+;. The second-order valence-electron chi connectivity index (χ2n) is 10.1. The molecule has 0 radical (unpaired) electrons. The van der Waals surface area contributed by atoms with Crippen molar-refractivity contribution in [3.05, 3.63) is 69.8 Å². The molecule has 0 N–H and O–H groups in total. The lowest BCUT2D eigenvalue weighted by Crippen LogP contribution is -2.31. The van der Waals surface area contributed by atoms with Gasteiger partial charge in [0.25, 0.3) is 5.91 Å². The summed E-state index contributed by atoms with van der Waals surface area (Å²) in [5, 5.41) is 0. The topological polar surface area (TPSA) is 36.4 Å². The van der Waals surface area contributed by atoms with Crippen molar-refractivity contribution in [2.45, 2.75) is 67.5 Å². The van der Waals surface area contributed by atoms with Crippen LogP contribution >= 0.6 is 0 Å². The van der Waals surface area contributed by atoms with Crippen molar-refractivity contribution in [2.75, 3.05) is 33.7 Å². The summed E-state index contributed by atoms with van der Waals surface area (Å²) < 4.78 is 15.0. The number of aromatic nitrogens is 1. The van der Waals surface area contributed by atoms with Crippen molar-refractivity contribution in [3.63, 3.8) is 0 Å². The predicted molar refractivity (Wildman–Crippen MR) is 159 cm³/mol. The molecule has 6 heteroatoms. The van der Waals surface area contributed by atoms with E-state index in [2.05, 4.69) is 55.7 Å².